The molecule has 1 heterocycles. The number of hydrogen-bond acceptors (Lipinski definition) is 4. The highest BCUT2D eigenvalue weighted by atomic mass is 79.9. The lowest BCUT2D eigenvalue weighted by Crippen LogP contribution is -2.04. The molecule has 0 saturated heterocycles. The van der Waals surface area contributed by atoms with Crippen LogP contribution in [0, 0.1) is 0 Å². The standard InChI is InChI=1S/C12H11BrCl2N4/c1-2-16-12-17-6-8(13)11(19-12)18-10-5-7(14)3-4-9(10)15/h3-6H,2H2,1H3,(H2,16,17,18,19). The van der Waals surface area contributed by atoms with Crippen molar-refractivity contribution < 1.29 is 0 Å². The number of halogens is 3. The van der Waals surface area contributed by atoms with Gasteiger partial charge in [-0.2, -0.15) is 4.98 Å². The minimum atomic E-state index is 0.548. The van der Waals surface area contributed by atoms with Crippen LogP contribution in [0.25, 0.3) is 0 Å². The lowest BCUT2D eigenvalue weighted by Gasteiger charge is -2.11. The van der Waals surface area contributed by atoms with E-state index >= 15 is 0 Å². The molecule has 0 fully saturated rings. The Bertz CT molecular complexity index is 592. The summed E-state index contributed by atoms with van der Waals surface area (Å²) in [4.78, 5) is 8.49. The fourth-order valence-electron chi connectivity index (χ4n) is 1.42. The molecule has 100 valence electrons. The first kappa shape index (κ1) is 14.4. The summed E-state index contributed by atoms with van der Waals surface area (Å²) in [5.74, 6) is 1.17. The smallest absolute Gasteiger partial charge is 0.224 e. The van der Waals surface area contributed by atoms with E-state index in [-0.39, 0.29) is 0 Å². The summed E-state index contributed by atoms with van der Waals surface area (Å²) >= 11 is 15.4. The lowest BCUT2D eigenvalue weighted by atomic mass is 10.3. The topological polar surface area (TPSA) is 49.8 Å². The van der Waals surface area contributed by atoms with E-state index in [1.165, 1.54) is 0 Å². The van der Waals surface area contributed by atoms with Crippen molar-refractivity contribution in [1.29, 1.82) is 0 Å². The largest absolute Gasteiger partial charge is 0.354 e. The van der Waals surface area contributed by atoms with Gasteiger partial charge < -0.3 is 10.6 Å². The van der Waals surface area contributed by atoms with E-state index in [1.807, 2.05) is 6.92 Å². The molecule has 2 rings (SSSR count). The van der Waals surface area contributed by atoms with Crippen LogP contribution in [0.5, 0.6) is 0 Å². The zero-order valence-electron chi connectivity index (χ0n) is 10.0. The SMILES string of the molecule is CCNc1ncc(Br)c(Nc2cc(Cl)ccc2Cl)n1. The van der Waals surface area contributed by atoms with Crippen LogP contribution in [0.15, 0.2) is 28.9 Å². The Morgan fingerprint density at radius 2 is 2.11 bits per heavy atom. The number of nitrogens with one attached hydrogen (secondary N) is 2. The van der Waals surface area contributed by atoms with Gasteiger partial charge in [0.25, 0.3) is 0 Å². The first-order valence-electron chi connectivity index (χ1n) is 5.58. The molecule has 0 unspecified atom stereocenters. The van der Waals surface area contributed by atoms with Gasteiger partial charge in [0, 0.05) is 17.8 Å². The predicted octanol–water partition coefficient (Wildman–Crippen LogP) is 4.72. The second kappa shape index (κ2) is 6.41. The van der Waals surface area contributed by atoms with E-state index in [9.17, 15) is 0 Å². The Hall–Kier alpha value is -1.04. The second-order valence-corrected chi connectivity index (χ2v) is 5.37. The van der Waals surface area contributed by atoms with Crippen LogP contribution in [0.2, 0.25) is 10.0 Å². The molecule has 4 nitrogen and oxygen atoms in total. The average molecular weight is 362 g/mol. The Balaban J connectivity index is 2.31. The maximum absolute atomic E-state index is 6.10. The molecular weight excluding hydrogens is 351 g/mol. The molecule has 0 bridgehead atoms. The quantitative estimate of drug-likeness (QED) is 0.827. The van der Waals surface area contributed by atoms with Crippen LogP contribution in [-0.2, 0) is 0 Å². The zero-order chi connectivity index (χ0) is 13.8. The molecule has 7 heteroatoms. The minimum absolute atomic E-state index is 0.548. The van der Waals surface area contributed by atoms with E-state index in [0.717, 1.165) is 11.0 Å². The van der Waals surface area contributed by atoms with Gasteiger partial charge in [-0.1, -0.05) is 23.2 Å². The zero-order valence-corrected chi connectivity index (χ0v) is 13.1. The van der Waals surface area contributed by atoms with Gasteiger partial charge in [-0.05, 0) is 41.1 Å². The molecule has 0 aliphatic heterocycles. The second-order valence-electron chi connectivity index (χ2n) is 3.67. The molecule has 0 aliphatic carbocycles. The van der Waals surface area contributed by atoms with Crippen LogP contribution in [0.1, 0.15) is 6.92 Å². The summed E-state index contributed by atoms with van der Waals surface area (Å²) in [5.41, 5.74) is 0.691. The van der Waals surface area contributed by atoms with Crippen molar-refractivity contribution in [3.05, 3.63) is 38.9 Å². The van der Waals surface area contributed by atoms with Crippen molar-refractivity contribution in [2.75, 3.05) is 17.2 Å². The van der Waals surface area contributed by atoms with Gasteiger partial charge >= 0.3 is 0 Å². The normalized spacial score (nSPS) is 10.3. The number of nitrogens with zero attached hydrogens (tertiary/aromatic N) is 2. The van der Waals surface area contributed by atoms with Crippen LogP contribution in [0.4, 0.5) is 17.5 Å². The lowest BCUT2D eigenvalue weighted by molar-refractivity contribution is 1.08. The third kappa shape index (κ3) is 3.72. The summed E-state index contributed by atoms with van der Waals surface area (Å²) in [6, 6.07) is 5.20. The van der Waals surface area contributed by atoms with Crippen molar-refractivity contribution in [1.82, 2.24) is 9.97 Å². The van der Waals surface area contributed by atoms with Gasteiger partial charge in [-0.25, -0.2) is 4.98 Å². The first-order chi connectivity index (χ1) is 9.10. The van der Waals surface area contributed by atoms with Crippen molar-refractivity contribution in [2.24, 2.45) is 0 Å². The molecule has 1 aromatic carbocycles. The minimum Gasteiger partial charge on any atom is -0.354 e. The van der Waals surface area contributed by atoms with Crippen LogP contribution in [0.3, 0.4) is 0 Å². The van der Waals surface area contributed by atoms with E-state index in [1.54, 1.807) is 24.4 Å². The van der Waals surface area contributed by atoms with Crippen molar-refractivity contribution >= 4 is 56.6 Å². The summed E-state index contributed by atoms with van der Waals surface area (Å²) in [6.07, 6.45) is 1.67. The maximum atomic E-state index is 6.10. The number of rotatable bonds is 4. The van der Waals surface area contributed by atoms with Gasteiger partial charge in [-0.3, -0.25) is 0 Å². The monoisotopic (exact) mass is 360 g/mol. The molecule has 0 radical (unpaired) electrons. The number of hydrogen-bond donors (Lipinski definition) is 2. The van der Waals surface area contributed by atoms with Crippen molar-refractivity contribution in [3.63, 3.8) is 0 Å². The molecule has 0 aliphatic rings. The third-order valence-corrected chi connectivity index (χ3v) is 3.41. The highest BCUT2D eigenvalue weighted by Crippen LogP contribution is 2.30. The first-order valence-corrected chi connectivity index (χ1v) is 7.13. The maximum Gasteiger partial charge on any atom is 0.224 e. The number of anilines is 3. The molecule has 0 spiro atoms. The summed E-state index contributed by atoms with van der Waals surface area (Å²) in [5, 5.41) is 7.34. The Morgan fingerprint density at radius 1 is 1.32 bits per heavy atom. The van der Waals surface area contributed by atoms with E-state index in [4.69, 9.17) is 23.2 Å². The molecular formula is C12H11BrCl2N4. The summed E-state index contributed by atoms with van der Waals surface area (Å²) < 4.78 is 0.741. The Morgan fingerprint density at radius 3 is 2.84 bits per heavy atom. The fourth-order valence-corrected chi connectivity index (χ4v) is 2.05. The third-order valence-electron chi connectivity index (χ3n) is 2.26. The Kier molecular flexibility index (Phi) is 4.85. The number of aromatic nitrogens is 2. The fraction of sp³-hybridized carbons (Fsp3) is 0.167. The van der Waals surface area contributed by atoms with Crippen LogP contribution < -0.4 is 10.6 Å². The highest BCUT2D eigenvalue weighted by Gasteiger charge is 2.08. The molecule has 0 amide bonds. The molecule has 2 aromatic rings. The van der Waals surface area contributed by atoms with Gasteiger partial charge in [0.2, 0.25) is 5.95 Å². The van der Waals surface area contributed by atoms with Crippen molar-refractivity contribution in [2.45, 2.75) is 6.92 Å². The van der Waals surface area contributed by atoms with Gasteiger partial charge in [0.05, 0.1) is 15.2 Å². The summed E-state index contributed by atoms with van der Waals surface area (Å²) in [7, 11) is 0. The highest BCUT2D eigenvalue weighted by molar-refractivity contribution is 9.10. The van der Waals surface area contributed by atoms with Crippen LogP contribution >= 0.6 is 39.1 Å². The molecule has 0 atom stereocenters. The number of benzene rings is 1. The van der Waals surface area contributed by atoms with Gasteiger partial charge in [0.1, 0.15) is 5.82 Å². The predicted molar refractivity (Wildman–Crippen MR) is 83.6 cm³/mol. The molecule has 1 aromatic heterocycles. The van der Waals surface area contributed by atoms with Crippen molar-refractivity contribution in [3.8, 4) is 0 Å². The summed E-state index contributed by atoms with van der Waals surface area (Å²) in [6.45, 7) is 2.73. The molecule has 2 N–H and O–H groups in total. The van der Waals surface area contributed by atoms with Gasteiger partial charge in [0.15, 0.2) is 0 Å². The Labute approximate surface area is 129 Å². The van der Waals surface area contributed by atoms with E-state index in [0.29, 0.717) is 27.5 Å². The average Bonchev–Trinajstić information content (AvgIpc) is 2.38. The van der Waals surface area contributed by atoms with Gasteiger partial charge in [-0.15, -0.1) is 0 Å². The molecule has 0 saturated carbocycles. The van der Waals surface area contributed by atoms with Crippen LogP contribution in [-0.4, -0.2) is 16.5 Å². The van der Waals surface area contributed by atoms with E-state index < -0.39 is 0 Å². The molecule has 19 heavy (non-hydrogen) atoms. The van der Waals surface area contributed by atoms with E-state index in [2.05, 4.69) is 36.5 Å².